The van der Waals surface area contributed by atoms with Gasteiger partial charge in [0.2, 0.25) is 0 Å². The third-order valence-electron chi connectivity index (χ3n) is 11.7. The summed E-state index contributed by atoms with van der Waals surface area (Å²) < 4.78 is 7.68. The molecule has 0 amide bonds. The monoisotopic (exact) mass is 718 g/mol. The predicted molar refractivity (Wildman–Crippen MR) is 236 cm³/mol. The van der Waals surface area contributed by atoms with Crippen molar-refractivity contribution in [2.24, 2.45) is 0 Å². The van der Waals surface area contributed by atoms with E-state index in [0.29, 0.717) is 0 Å². The summed E-state index contributed by atoms with van der Waals surface area (Å²) in [7, 11) is 0. The highest BCUT2D eigenvalue weighted by Crippen LogP contribution is 2.49. The Hall–Kier alpha value is -6.68. The first-order valence-electron chi connectivity index (χ1n) is 19.2. The number of para-hydroxylation sites is 1. The van der Waals surface area contributed by atoms with Gasteiger partial charge in [-0.15, -0.1) is 11.3 Å². The molecule has 1 aliphatic rings. The van der Waals surface area contributed by atoms with Crippen molar-refractivity contribution < 1.29 is 0 Å². The van der Waals surface area contributed by atoms with Crippen molar-refractivity contribution in [3.63, 3.8) is 0 Å². The fourth-order valence-electron chi connectivity index (χ4n) is 9.27. The summed E-state index contributed by atoms with van der Waals surface area (Å²) in [6.07, 6.45) is 6.79. The molecule has 12 rings (SSSR count). The van der Waals surface area contributed by atoms with E-state index in [1.165, 1.54) is 109 Å². The highest BCUT2D eigenvalue weighted by atomic mass is 32.1. The fourth-order valence-corrected chi connectivity index (χ4v) is 10.5. The quantitative estimate of drug-likeness (QED) is 0.171. The van der Waals surface area contributed by atoms with Crippen LogP contribution in [0.1, 0.15) is 17.7 Å². The van der Waals surface area contributed by atoms with Crippen molar-refractivity contribution in [2.45, 2.75) is 12.8 Å². The summed E-state index contributed by atoms with van der Waals surface area (Å²) in [5.74, 6) is 0. The van der Waals surface area contributed by atoms with Gasteiger partial charge in [-0.1, -0.05) is 127 Å². The van der Waals surface area contributed by atoms with Gasteiger partial charge in [-0.3, -0.25) is 0 Å². The minimum atomic E-state index is 1.01. The molecule has 3 heteroatoms. The number of allylic oxidation sites excluding steroid dienone is 1. The lowest BCUT2D eigenvalue weighted by Gasteiger charge is -2.15. The molecule has 3 heterocycles. The van der Waals surface area contributed by atoms with Crippen LogP contribution in [0.15, 0.2) is 176 Å². The van der Waals surface area contributed by atoms with Gasteiger partial charge in [-0.05, 0) is 94.9 Å². The number of hydrogen-bond donors (Lipinski definition) is 0. The van der Waals surface area contributed by atoms with E-state index in [1.807, 2.05) is 11.3 Å². The number of rotatable bonds is 4. The van der Waals surface area contributed by atoms with E-state index in [4.69, 9.17) is 0 Å². The van der Waals surface area contributed by atoms with Gasteiger partial charge in [0.25, 0.3) is 0 Å². The standard InChI is InChI=1S/C52H34N2S/c1-2-13-33(14-3-1)36-17-12-18-38(29-36)54-47-23-10-7-20-41(47)45-32-43(52-50(51(45)54)42-21-8-11-24-49(42)55-52)37-26-28-48-44(31-37)40-19-6-9-22-46(40)53(48)39-27-25-34-15-4-5-16-35(34)30-39/h1-9,11-22,24-32H,10,23H2. The first-order valence-corrected chi connectivity index (χ1v) is 20.0. The van der Waals surface area contributed by atoms with Gasteiger partial charge in [0.05, 0.1) is 16.6 Å². The number of thiophene rings is 1. The Balaban J connectivity index is 1.14. The highest BCUT2D eigenvalue weighted by molar-refractivity contribution is 7.26. The maximum Gasteiger partial charge on any atom is 0.0631 e. The summed E-state index contributed by atoms with van der Waals surface area (Å²) in [5, 5.41) is 9.04. The van der Waals surface area contributed by atoms with Crippen LogP contribution in [0, 0.1) is 0 Å². The molecule has 0 fully saturated rings. The zero-order valence-electron chi connectivity index (χ0n) is 30.0. The van der Waals surface area contributed by atoms with Crippen molar-refractivity contribution in [3.05, 3.63) is 187 Å². The van der Waals surface area contributed by atoms with Crippen molar-refractivity contribution in [1.29, 1.82) is 0 Å². The number of fused-ring (bicyclic) bond motifs is 11. The van der Waals surface area contributed by atoms with Crippen LogP contribution in [0.5, 0.6) is 0 Å². The molecule has 8 aromatic carbocycles. The minimum Gasteiger partial charge on any atom is -0.312 e. The zero-order valence-corrected chi connectivity index (χ0v) is 30.9. The number of hydrogen-bond acceptors (Lipinski definition) is 1. The smallest absolute Gasteiger partial charge is 0.0631 e. The lowest BCUT2D eigenvalue weighted by molar-refractivity contribution is 0.890. The van der Waals surface area contributed by atoms with Crippen LogP contribution in [0.4, 0.5) is 0 Å². The molecule has 55 heavy (non-hydrogen) atoms. The maximum atomic E-state index is 2.59. The molecule has 0 aliphatic heterocycles. The Kier molecular flexibility index (Phi) is 6.66. The average molecular weight is 719 g/mol. The van der Waals surface area contributed by atoms with Gasteiger partial charge in [0, 0.05) is 64.5 Å². The molecule has 0 unspecified atom stereocenters. The van der Waals surface area contributed by atoms with Gasteiger partial charge in [-0.25, -0.2) is 0 Å². The van der Waals surface area contributed by atoms with Crippen molar-refractivity contribution in [3.8, 4) is 33.6 Å². The lowest BCUT2D eigenvalue weighted by atomic mass is 9.96. The van der Waals surface area contributed by atoms with Crippen LogP contribution in [0.2, 0.25) is 0 Å². The molecule has 3 aromatic heterocycles. The Labute approximate surface area is 322 Å². The van der Waals surface area contributed by atoms with E-state index in [9.17, 15) is 0 Å². The van der Waals surface area contributed by atoms with Crippen LogP contribution < -0.4 is 0 Å². The van der Waals surface area contributed by atoms with Gasteiger partial charge >= 0.3 is 0 Å². The molecule has 1 aliphatic carbocycles. The second kappa shape index (κ2) is 11.9. The topological polar surface area (TPSA) is 9.86 Å². The molecule has 0 saturated heterocycles. The van der Waals surface area contributed by atoms with Crippen molar-refractivity contribution in [2.75, 3.05) is 0 Å². The second-order valence-electron chi connectivity index (χ2n) is 14.8. The molecule has 0 saturated carbocycles. The van der Waals surface area contributed by atoms with E-state index in [2.05, 4.69) is 191 Å². The van der Waals surface area contributed by atoms with Gasteiger partial charge < -0.3 is 9.13 Å². The summed E-state index contributed by atoms with van der Waals surface area (Å²) in [5.41, 5.74) is 13.9. The lowest BCUT2D eigenvalue weighted by Crippen LogP contribution is -2.03. The van der Waals surface area contributed by atoms with Crippen molar-refractivity contribution in [1.82, 2.24) is 9.13 Å². The molecular formula is C52H34N2S. The first-order chi connectivity index (χ1) is 27.3. The largest absolute Gasteiger partial charge is 0.312 e. The normalized spacial score (nSPS) is 12.9. The van der Waals surface area contributed by atoms with Crippen LogP contribution in [-0.4, -0.2) is 9.13 Å². The Bertz CT molecular complexity index is 3370. The maximum absolute atomic E-state index is 2.59. The Morgan fingerprint density at radius 2 is 1.24 bits per heavy atom. The molecule has 258 valence electrons. The molecule has 0 radical (unpaired) electrons. The van der Waals surface area contributed by atoms with E-state index in [0.717, 1.165) is 12.8 Å². The Morgan fingerprint density at radius 1 is 0.473 bits per heavy atom. The second-order valence-corrected chi connectivity index (χ2v) is 15.8. The van der Waals surface area contributed by atoms with Gasteiger partial charge in [0.15, 0.2) is 0 Å². The molecule has 0 bridgehead atoms. The summed E-state index contributed by atoms with van der Waals surface area (Å²) in [6, 6.07) is 62.8. The summed E-state index contributed by atoms with van der Waals surface area (Å²) >= 11 is 1.92. The van der Waals surface area contributed by atoms with Crippen LogP contribution >= 0.6 is 11.3 Å². The molecule has 11 aromatic rings. The SMILES string of the molecule is C1=Cc2c(n(-c3cccc(-c4ccccc4)c3)c3c2cc(-c2ccc4c(c2)c2ccccc2n4-c2ccc4ccccc4c2)c2sc4ccccc4c23)CC1. The number of benzene rings is 8. The fraction of sp³-hybridized carbons (Fsp3) is 0.0385. The van der Waals surface area contributed by atoms with E-state index in [1.54, 1.807) is 0 Å². The van der Waals surface area contributed by atoms with Crippen LogP contribution in [-0.2, 0) is 6.42 Å². The molecule has 0 atom stereocenters. The predicted octanol–water partition coefficient (Wildman–Crippen LogP) is 14.5. The first kappa shape index (κ1) is 30.7. The van der Waals surface area contributed by atoms with Crippen LogP contribution in [0.25, 0.3) is 103 Å². The molecule has 0 N–H and O–H groups in total. The van der Waals surface area contributed by atoms with Gasteiger partial charge in [-0.2, -0.15) is 0 Å². The molecule has 2 nitrogen and oxygen atoms in total. The summed E-state index contributed by atoms with van der Waals surface area (Å²) in [6.45, 7) is 0. The Morgan fingerprint density at radius 3 is 2.16 bits per heavy atom. The number of nitrogens with zero attached hydrogens (tertiary/aromatic N) is 2. The number of aromatic nitrogens is 2. The van der Waals surface area contributed by atoms with E-state index in [-0.39, 0.29) is 0 Å². The highest BCUT2D eigenvalue weighted by Gasteiger charge is 2.25. The summed E-state index contributed by atoms with van der Waals surface area (Å²) in [4.78, 5) is 0. The third kappa shape index (κ3) is 4.60. The van der Waals surface area contributed by atoms with E-state index >= 15 is 0 Å². The van der Waals surface area contributed by atoms with E-state index < -0.39 is 0 Å². The molecular weight excluding hydrogens is 685 g/mol. The minimum absolute atomic E-state index is 1.01. The van der Waals surface area contributed by atoms with Gasteiger partial charge in [0.1, 0.15) is 0 Å². The van der Waals surface area contributed by atoms with Crippen molar-refractivity contribution >= 4 is 81.1 Å². The molecule has 0 spiro atoms. The zero-order chi connectivity index (χ0) is 36.0. The third-order valence-corrected chi connectivity index (χ3v) is 12.9. The van der Waals surface area contributed by atoms with Crippen LogP contribution in [0.3, 0.4) is 0 Å². The average Bonchev–Trinajstić information content (AvgIpc) is 3.91.